The maximum absolute atomic E-state index is 8.95. The number of ether oxygens (including phenoxy) is 2. The van der Waals surface area contributed by atoms with Crippen molar-refractivity contribution in [1.82, 2.24) is 0 Å². The van der Waals surface area contributed by atoms with Crippen LogP contribution in [0, 0.1) is 5.41 Å². The van der Waals surface area contributed by atoms with Gasteiger partial charge in [-0.1, -0.05) is 13.8 Å². The summed E-state index contributed by atoms with van der Waals surface area (Å²) in [7, 11) is 0. The Hall–Kier alpha value is -0.120. The summed E-state index contributed by atoms with van der Waals surface area (Å²) in [6.07, 6.45) is 0.816. The fourth-order valence-electron chi connectivity index (χ4n) is 1.01. The Balaban J connectivity index is 2.35. The van der Waals surface area contributed by atoms with Crippen molar-refractivity contribution in [2.24, 2.45) is 5.41 Å². The molecule has 1 rings (SSSR count). The van der Waals surface area contributed by atoms with Crippen molar-refractivity contribution in [2.45, 2.75) is 26.6 Å². The summed E-state index contributed by atoms with van der Waals surface area (Å²) in [5, 5.41) is 8.95. The molecule has 1 heterocycles. The zero-order valence-electron chi connectivity index (χ0n) is 7.17. The van der Waals surface area contributed by atoms with Gasteiger partial charge >= 0.3 is 0 Å². The van der Waals surface area contributed by atoms with E-state index in [0.29, 0.717) is 13.2 Å². The predicted molar refractivity (Wildman–Crippen MR) is 41.2 cm³/mol. The molecule has 1 fully saturated rings. The highest BCUT2D eigenvalue weighted by Crippen LogP contribution is 2.23. The summed E-state index contributed by atoms with van der Waals surface area (Å²) in [5.74, 6) is 0. The van der Waals surface area contributed by atoms with Crippen LogP contribution in [0.2, 0.25) is 0 Å². The van der Waals surface area contributed by atoms with Crippen molar-refractivity contribution >= 4 is 0 Å². The second-order valence-electron chi connectivity index (χ2n) is 3.43. The highest BCUT2D eigenvalue weighted by Gasteiger charge is 2.31. The molecule has 0 radical (unpaired) electrons. The summed E-state index contributed by atoms with van der Waals surface area (Å²) >= 11 is 0. The minimum atomic E-state index is -0.189. The minimum Gasteiger partial charge on any atom is -0.396 e. The molecule has 0 aromatic carbocycles. The van der Waals surface area contributed by atoms with Gasteiger partial charge in [-0.2, -0.15) is 0 Å². The Morgan fingerprint density at radius 3 is 2.36 bits per heavy atom. The smallest absolute Gasteiger partial charge is 0.157 e. The van der Waals surface area contributed by atoms with E-state index in [1.807, 2.05) is 13.8 Å². The summed E-state index contributed by atoms with van der Waals surface area (Å²) in [6, 6.07) is 0. The van der Waals surface area contributed by atoms with Gasteiger partial charge in [0.2, 0.25) is 0 Å². The molecule has 0 aromatic rings. The maximum atomic E-state index is 8.95. The highest BCUT2D eigenvalue weighted by atomic mass is 16.7. The van der Waals surface area contributed by atoms with Crippen LogP contribution in [0.25, 0.3) is 0 Å². The molecule has 0 amide bonds. The van der Waals surface area contributed by atoms with Gasteiger partial charge in [0.25, 0.3) is 0 Å². The van der Waals surface area contributed by atoms with Crippen LogP contribution in [0.4, 0.5) is 0 Å². The lowest BCUT2D eigenvalue weighted by atomic mass is 9.94. The molecular weight excluding hydrogens is 144 g/mol. The Morgan fingerprint density at radius 1 is 1.45 bits per heavy atom. The second-order valence-corrected chi connectivity index (χ2v) is 3.43. The summed E-state index contributed by atoms with van der Waals surface area (Å²) in [6.45, 7) is 5.30. The maximum Gasteiger partial charge on any atom is 0.157 e. The van der Waals surface area contributed by atoms with Gasteiger partial charge in [0.05, 0.1) is 19.8 Å². The average molecular weight is 160 g/mol. The molecule has 3 nitrogen and oxygen atoms in total. The third-order valence-electron chi connectivity index (χ3n) is 1.95. The van der Waals surface area contributed by atoms with Gasteiger partial charge in [-0.15, -0.1) is 0 Å². The molecule has 1 saturated heterocycles. The Labute approximate surface area is 67.3 Å². The first-order chi connectivity index (χ1) is 5.20. The second kappa shape index (κ2) is 3.52. The molecule has 1 aliphatic heterocycles. The molecule has 0 aromatic heterocycles. The first-order valence-corrected chi connectivity index (χ1v) is 4.04. The van der Waals surface area contributed by atoms with Crippen molar-refractivity contribution in [2.75, 3.05) is 19.8 Å². The minimum absolute atomic E-state index is 0.0605. The van der Waals surface area contributed by atoms with Crippen LogP contribution in [0.15, 0.2) is 0 Å². The highest BCUT2D eigenvalue weighted by molar-refractivity contribution is 4.75. The van der Waals surface area contributed by atoms with Crippen LogP contribution in [0.5, 0.6) is 0 Å². The first kappa shape index (κ1) is 8.97. The van der Waals surface area contributed by atoms with Crippen LogP contribution in [-0.4, -0.2) is 31.2 Å². The van der Waals surface area contributed by atoms with Crippen LogP contribution in [0.1, 0.15) is 20.3 Å². The summed E-state index contributed by atoms with van der Waals surface area (Å²) in [4.78, 5) is 0. The number of hydrogen-bond donors (Lipinski definition) is 1. The number of aliphatic hydroxyl groups excluding tert-OH is 1. The molecule has 0 bridgehead atoms. The molecule has 1 N–H and O–H groups in total. The molecule has 11 heavy (non-hydrogen) atoms. The molecule has 66 valence electrons. The van der Waals surface area contributed by atoms with Crippen molar-refractivity contribution in [3.63, 3.8) is 0 Å². The molecule has 0 aliphatic carbocycles. The normalized spacial score (nSPS) is 39.0. The molecule has 0 spiro atoms. The molecule has 0 saturated carbocycles. The van der Waals surface area contributed by atoms with E-state index in [1.54, 1.807) is 0 Å². The van der Waals surface area contributed by atoms with Crippen LogP contribution < -0.4 is 0 Å². The molecule has 1 aliphatic rings. The molecule has 0 atom stereocenters. The van der Waals surface area contributed by atoms with E-state index in [1.165, 1.54) is 0 Å². The van der Waals surface area contributed by atoms with Crippen LogP contribution in [-0.2, 0) is 9.47 Å². The van der Waals surface area contributed by atoms with Crippen molar-refractivity contribution < 1.29 is 14.6 Å². The Kier molecular flexibility index (Phi) is 2.87. The van der Waals surface area contributed by atoms with Gasteiger partial charge in [0.1, 0.15) is 0 Å². The third-order valence-corrected chi connectivity index (χ3v) is 1.95. The van der Waals surface area contributed by atoms with Gasteiger partial charge in [-0.25, -0.2) is 0 Å². The lowest BCUT2D eigenvalue weighted by molar-refractivity contribution is -0.232. The third kappa shape index (κ3) is 2.15. The zero-order chi connectivity index (χ0) is 8.32. The fourth-order valence-corrected chi connectivity index (χ4v) is 1.01. The van der Waals surface area contributed by atoms with Gasteiger partial charge < -0.3 is 14.6 Å². The van der Waals surface area contributed by atoms with E-state index in [0.717, 1.165) is 6.42 Å². The molecule has 0 unspecified atom stereocenters. The number of aliphatic hydroxyl groups is 1. The SMILES string of the molecule is CCC1OCC(C)(CO)CO1. The van der Waals surface area contributed by atoms with Crippen molar-refractivity contribution in [3.8, 4) is 0 Å². The lowest BCUT2D eigenvalue weighted by Crippen LogP contribution is -2.41. The van der Waals surface area contributed by atoms with Crippen LogP contribution >= 0.6 is 0 Å². The monoisotopic (exact) mass is 160 g/mol. The van der Waals surface area contributed by atoms with E-state index in [-0.39, 0.29) is 18.3 Å². The summed E-state index contributed by atoms with van der Waals surface area (Å²) < 4.78 is 10.7. The molecular formula is C8H16O3. The Morgan fingerprint density at radius 2 is 2.00 bits per heavy atom. The van der Waals surface area contributed by atoms with Crippen molar-refractivity contribution in [1.29, 1.82) is 0 Å². The number of hydrogen-bond acceptors (Lipinski definition) is 3. The average Bonchev–Trinajstić information content (AvgIpc) is 2.06. The standard InChI is InChI=1S/C8H16O3/c1-3-7-10-5-8(2,4-9)6-11-7/h7,9H,3-6H2,1-2H3. The Bertz CT molecular complexity index is 117. The number of rotatable bonds is 2. The fraction of sp³-hybridized carbons (Fsp3) is 1.00. The van der Waals surface area contributed by atoms with E-state index in [4.69, 9.17) is 14.6 Å². The van der Waals surface area contributed by atoms with E-state index < -0.39 is 0 Å². The van der Waals surface area contributed by atoms with Crippen LogP contribution in [0.3, 0.4) is 0 Å². The lowest BCUT2D eigenvalue weighted by Gasteiger charge is -2.35. The summed E-state index contributed by atoms with van der Waals surface area (Å²) in [5.41, 5.74) is -0.189. The zero-order valence-corrected chi connectivity index (χ0v) is 7.17. The van der Waals surface area contributed by atoms with E-state index in [9.17, 15) is 0 Å². The van der Waals surface area contributed by atoms with Gasteiger partial charge in [0.15, 0.2) is 6.29 Å². The van der Waals surface area contributed by atoms with E-state index >= 15 is 0 Å². The first-order valence-electron chi connectivity index (χ1n) is 4.04. The van der Waals surface area contributed by atoms with Gasteiger partial charge in [-0.05, 0) is 6.42 Å². The van der Waals surface area contributed by atoms with Gasteiger partial charge in [-0.3, -0.25) is 0 Å². The predicted octanol–water partition coefficient (Wildman–Crippen LogP) is 0.768. The van der Waals surface area contributed by atoms with Gasteiger partial charge in [0, 0.05) is 5.41 Å². The largest absolute Gasteiger partial charge is 0.396 e. The quantitative estimate of drug-likeness (QED) is 0.648. The van der Waals surface area contributed by atoms with E-state index in [2.05, 4.69) is 0 Å². The topological polar surface area (TPSA) is 38.7 Å². The molecule has 3 heteroatoms. The van der Waals surface area contributed by atoms with Crippen molar-refractivity contribution in [3.05, 3.63) is 0 Å².